The molecule has 1 rings (SSSR count). The molecule has 2 nitrogen and oxygen atoms in total. The van der Waals surface area contributed by atoms with Crippen LogP contribution in [0.15, 0.2) is 24.3 Å². The molecule has 2 N–H and O–H groups in total. The average Bonchev–Trinajstić information content (AvgIpc) is 2.15. The third kappa shape index (κ3) is 3.38. The van der Waals surface area contributed by atoms with Crippen molar-refractivity contribution in [2.24, 2.45) is 11.7 Å². The van der Waals surface area contributed by atoms with E-state index in [1.54, 1.807) is 0 Å². The molecule has 1 atom stereocenters. The molecule has 0 radical (unpaired) electrons. The molecule has 1 aromatic rings. The van der Waals surface area contributed by atoms with Gasteiger partial charge in [-0.25, -0.2) is 0 Å². The standard InChI is InChI=1S/C12H19NO/c1-9(2)8-14-12-6-4-11(5-7-12)10(3)13/h4-7,9-10H,8,13H2,1-3H3/t10-/m0/s1. The Bertz CT molecular complexity index is 264. The zero-order valence-electron chi connectivity index (χ0n) is 9.16. The number of hydrogen-bond donors (Lipinski definition) is 1. The van der Waals surface area contributed by atoms with E-state index in [-0.39, 0.29) is 6.04 Å². The molecule has 0 unspecified atom stereocenters. The third-order valence-electron chi connectivity index (χ3n) is 1.99. The summed E-state index contributed by atoms with van der Waals surface area (Å²) in [7, 11) is 0. The van der Waals surface area contributed by atoms with Crippen molar-refractivity contribution in [1.29, 1.82) is 0 Å². The maximum Gasteiger partial charge on any atom is 0.119 e. The molecule has 0 saturated heterocycles. The van der Waals surface area contributed by atoms with Gasteiger partial charge in [0.15, 0.2) is 0 Å². The molecule has 0 heterocycles. The molecule has 0 saturated carbocycles. The highest BCUT2D eigenvalue weighted by Gasteiger charge is 2.00. The lowest BCUT2D eigenvalue weighted by Gasteiger charge is -2.10. The van der Waals surface area contributed by atoms with Gasteiger partial charge in [0.1, 0.15) is 5.75 Å². The van der Waals surface area contributed by atoms with E-state index in [1.165, 1.54) is 0 Å². The van der Waals surface area contributed by atoms with Gasteiger partial charge in [0.05, 0.1) is 6.61 Å². The maximum atomic E-state index is 5.75. The molecular formula is C12H19NO. The van der Waals surface area contributed by atoms with Crippen LogP contribution in [-0.4, -0.2) is 6.61 Å². The van der Waals surface area contributed by atoms with Crippen LogP contribution in [0, 0.1) is 5.92 Å². The number of hydrogen-bond acceptors (Lipinski definition) is 2. The lowest BCUT2D eigenvalue weighted by molar-refractivity contribution is 0.271. The SMILES string of the molecule is CC(C)COc1ccc([C@H](C)N)cc1. The fourth-order valence-corrected chi connectivity index (χ4v) is 1.13. The van der Waals surface area contributed by atoms with Crippen LogP contribution in [0.3, 0.4) is 0 Å². The van der Waals surface area contributed by atoms with Gasteiger partial charge in [-0.15, -0.1) is 0 Å². The second-order valence-corrected chi connectivity index (χ2v) is 4.06. The van der Waals surface area contributed by atoms with E-state index < -0.39 is 0 Å². The molecule has 2 heteroatoms. The first kappa shape index (κ1) is 11.1. The zero-order valence-corrected chi connectivity index (χ0v) is 9.16. The molecule has 1 aromatic carbocycles. The van der Waals surface area contributed by atoms with Gasteiger partial charge in [-0.05, 0) is 30.5 Å². The number of nitrogens with two attached hydrogens (primary N) is 1. The molecule has 0 fully saturated rings. The van der Waals surface area contributed by atoms with Gasteiger partial charge >= 0.3 is 0 Å². The van der Waals surface area contributed by atoms with Crippen molar-refractivity contribution in [1.82, 2.24) is 0 Å². The van der Waals surface area contributed by atoms with Crippen molar-refractivity contribution >= 4 is 0 Å². The Morgan fingerprint density at radius 3 is 2.14 bits per heavy atom. The minimum atomic E-state index is 0.0918. The highest BCUT2D eigenvalue weighted by molar-refractivity contribution is 5.28. The lowest BCUT2D eigenvalue weighted by Crippen LogP contribution is -2.06. The van der Waals surface area contributed by atoms with Crippen LogP contribution in [-0.2, 0) is 0 Å². The molecule has 0 aliphatic carbocycles. The first-order valence-corrected chi connectivity index (χ1v) is 5.08. The normalized spacial score (nSPS) is 12.9. The second-order valence-electron chi connectivity index (χ2n) is 4.06. The first-order valence-electron chi connectivity index (χ1n) is 5.08. The van der Waals surface area contributed by atoms with E-state index >= 15 is 0 Å². The summed E-state index contributed by atoms with van der Waals surface area (Å²) in [4.78, 5) is 0. The van der Waals surface area contributed by atoms with E-state index in [1.807, 2.05) is 31.2 Å². The second kappa shape index (κ2) is 5.01. The van der Waals surface area contributed by atoms with E-state index in [9.17, 15) is 0 Å². The predicted molar refractivity (Wildman–Crippen MR) is 59.4 cm³/mol. The molecular weight excluding hydrogens is 174 g/mol. The number of benzene rings is 1. The van der Waals surface area contributed by atoms with Crippen molar-refractivity contribution in [3.8, 4) is 5.75 Å². The summed E-state index contributed by atoms with van der Waals surface area (Å²) >= 11 is 0. The summed E-state index contributed by atoms with van der Waals surface area (Å²) in [5.74, 6) is 1.48. The third-order valence-corrected chi connectivity index (χ3v) is 1.99. The van der Waals surface area contributed by atoms with Gasteiger partial charge in [0.25, 0.3) is 0 Å². The highest BCUT2D eigenvalue weighted by atomic mass is 16.5. The summed E-state index contributed by atoms with van der Waals surface area (Å²) in [5.41, 5.74) is 6.89. The maximum absolute atomic E-state index is 5.75. The molecule has 0 aromatic heterocycles. The van der Waals surface area contributed by atoms with Gasteiger partial charge < -0.3 is 10.5 Å². The Kier molecular flexibility index (Phi) is 3.96. The molecule has 0 aliphatic heterocycles. The fraction of sp³-hybridized carbons (Fsp3) is 0.500. The number of ether oxygens (including phenoxy) is 1. The first-order chi connectivity index (χ1) is 6.59. The molecule has 0 aliphatic rings. The van der Waals surface area contributed by atoms with Crippen LogP contribution >= 0.6 is 0 Å². The van der Waals surface area contributed by atoms with Crippen molar-refractivity contribution in [2.45, 2.75) is 26.8 Å². The van der Waals surface area contributed by atoms with Crippen LogP contribution in [0.2, 0.25) is 0 Å². The molecule has 0 amide bonds. The smallest absolute Gasteiger partial charge is 0.119 e. The quantitative estimate of drug-likeness (QED) is 0.798. The fourth-order valence-electron chi connectivity index (χ4n) is 1.13. The minimum Gasteiger partial charge on any atom is -0.493 e. The summed E-state index contributed by atoms with van der Waals surface area (Å²) in [6, 6.07) is 8.07. The summed E-state index contributed by atoms with van der Waals surface area (Å²) < 4.78 is 5.56. The summed E-state index contributed by atoms with van der Waals surface area (Å²) in [5, 5.41) is 0. The van der Waals surface area contributed by atoms with Gasteiger partial charge in [-0.2, -0.15) is 0 Å². The molecule has 78 valence electrons. The highest BCUT2D eigenvalue weighted by Crippen LogP contribution is 2.16. The Balaban J connectivity index is 2.55. The van der Waals surface area contributed by atoms with Crippen molar-refractivity contribution in [3.63, 3.8) is 0 Å². The van der Waals surface area contributed by atoms with Crippen molar-refractivity contribution in [3.05, 3.63) is 29.8 Å². The van der Waals surface area contributed by atoms with Gasteiger partial charge in [0.2, 0.25) is 0 Å². The number of rotatable bonds is 4. The van der Waals surface area contributed by atoms with Gasteiger partial charge in [-0.1, -0.05) is 26.0 Å². The van der Waals surface area contributed by atoms with E-state index in [0.29, 0.717) is 5.92 Å². The van der Waals surface area contributed by atoms with E-state index in [4.69, 9.17) is 10.5 Å². The largest absolute Gasteiger partial charge is 0.493 e. The summed E-state index contributed by atoms with van der Waals surface area (Å²) in [6.07, 6.45) is 0. The Labute approximate surface area is 86.1 Å². The molecule has 14 heavy (non-hydrogen) atoms. The Morgan fingerprint density at radius 2 is 1.71 bits per heavy atom. The lowest BCUT2D eigenvalue weighted by atomic mass is 10.1. The van der Waals surface area contributed by atoms with Crippen molar-refractivity contribution in [2.75, 3.05) is 6.61 Å². The minimum absolute atomic E-state index is 0.0918. The molecule has 0 bridgehead atoms. The molecule has 0 spiro atoms. The van der Waals surface area contributed by atoms with E-state index in [0.717, 1.165) is 17.9 Å². The zero-order chi connectivity index (χ0) is 10.6. The van der Waals surface area contributed by atoms with Crippen LogP contribution in [0.25, 0.3) is 0 Å². The van der Waals surface area contributed by atoms with Crippen LogP contribution in [0.5, 0.6) is 5.75 Å². The van der Waals surface area contributed by atoms with E-state index in [2.05, 4.69) is 13.8 Å². The monoisotopic (exact) mass is 193 g/mol. The van der Waals surface area contributed by atoms with Crippen LogP contribution in [0.4, 0.5) is 0 Å². The topological polar surface area (TPSA) is 35.2 Å². The van der Waals surface area contributed by atoms with Crippen molar-refractivity contribution < 1.29 is 4.74 Å². The van der Waals surface area contributed by atoms with Crippen LogP contribution < -0.4 is 10.5 Å². The average molecular weight is 193 g/mol. The van der Waals surface area contributed by atoms with Gasteiger partial charge in [0, 0.05) is 6.04 Å². The summed E-state index contributed by atoms with van der Waals surface area (Å²) in [6.45, 7) is 7.01. The predicted octanol–water partition coefficient (Wildman–Crippen LogP) is 2.74. The van der Waals surface area contributed by atoms with Crippen LogP contribution in [0.1, 0.15) is 32.4 Å². The Morgan fingerprint density at radius 1 is 1.14 bits per heavy atom. The van der Waals surface area contributed by atoms with Gasteiger partial charge in [-0.3, -0.25) is 0 Å². The Hall–Kier alpha value is -1.02.